The number of nitrogens with zero attached hydrogens (tertiary/aromatic N) is 1. The molecule has 0 saturated heterocycles. The van der Waals surface area contributed by atoms with E-state index in [0.717, 1.165) is 11.3 Å². The van der Waals surface area contributed by atoms with Gasteiger partial charge >= 0.3 is 0 Å². The third-order valence-electron chi connectivity index (χ3n) is 3.31. The van der Waals surface area contributed by atoms with Gasteiger partial charge in [0.05, 0.1) is 11.5 Å². The Morgan fingerprint density at radius 2 is 1.96 bits per heavy atom. The first-order valence-electron chi connectivity index (χ1n) is 7.86. The Morgan fingerprint density at radius 1 is 1.22 bits per heavy atom. The Hall–Kier alpha value is -1.05. The topological polar surface area (TPSA) is 52.4 Å². The van der Waals surface area contributed by atoms with Gasteiger partial charge in [-0.3, -0.25) is 10.1 Å². The van der Waals surface area contributed by atoms with Crippen LogP contribution in [0, 0.1) is 10.1 Å². The van der Waals surface area contributed by atoms with Crippen molar-refractivity contribution in [2.45, 2.75) is 15.6 Å². The van der Waals surface area contributed by atoms with Crippen molar-refractivity contribution in [2.24, 2.45) is 0 Å². The minimum atomic E-state index is -1.73. The second-order valence-electron chi connectivity index (χ2n) is 5.18. The van der Waals surface area contributed by atoms with E-state index >= 15 is 0 Å². The van der Waals surface area contributed by atoms with Gasteiger partial charge in [-0.05, 0) is 19.1 Å². The highest BCUT2D eigenvalue weighted by molar-refractivity contribution is 8.76. The molecule has 0 fully saturated rings. The maximum atomic E-state index is 10.9. The van der Waals surface area contributed by atoms with E-state index in [1.165, 1.54) is 33.7 Å². The zero-order valence-electron chi connectivity index (χ0n) is 14.2. The molecule has 27 heavy (non-hydrogen) atoms. The summed E-state index contributed by atoms with van der Waals surface area (Å²) in [7, 11) is 2.93. The van der Waals surface area contributed by atoms with Crippen LogP contribution in [0.2, 0.25) is 0 Å². The average Bonchev–Trinajstić information content (AvgIpc) is 2.62. The van der Waals surface area contributed by atoms with Crippen LogP contribution in [0.3, 0.4) is 0 Å². The number of nitro benzene ring substituents is 1. The number of para-hydroxylation sites is 1. The molecule has 0 unspecified atom stereocenters. The smallest absolute Gasteiger partial charge is 0.269 e. The van der Waals surface area contributed by atoms with Crippen LogP contribution < -0.4 is 4.74 Å². The van der Waals surface area contributed by atoms with Gasteiger partial charge in [0.15, 0.2) is 0 Å². The van der Waals surface area contributed by atoms with Crippen molar-refractivity contribution in [1.29, 1.82) is 0 Å². The standard InChI is InChI=1S/C18H16Cl3NO3S2/c1-2-25-16-8-4-3-6-13(16)7-5-11-26-27-17-10-9-14(22(23)24)12-15(17)18(19,20)21/h3-10,12H,2,11H2,1H3. The minimum Gasteiger partial charge on any atom is -0.493 e. The third kappa shape index (κ3) is 6.80. The predicted octanol–water partition coefficient (Wildman–Crippen LogP) is 7.27. The van der Waals surface area contributed by atoms with E-state index in [4.69, 9.17) is 39.5 Å². The van der Waals surface area contributed by atoms with Gasteiger partial charge in [-0.25, -0.2) is 0 Å². The molecule has 0 saturated carbocycles. The molecule has 144 valence electrons. The Labute approximate surface area is 180 Å². The van der Waals surface area contributed by atoms with Crippen LogP contribution in [0.25, 0.3) is 6.08 Å². The van der Waals surface area contributed by atoms with Crippen molar-refractivity contribution in [2.75, 3.05) is 12.4 Å². The van der Waals surface area contributed by atoms with Crippen molar-refractivity contribution in [1.82, 2.24) is 0 Å². The normalized spacial score (nSPS) is 11.7. The summed E-state index contributed by atoms with van der Waals surface area (Å²) in [5.74, 6) is 1.53. The van der Waals surface area contributed by atoms with E-state index < -0.39 is 8.72 Å². The van der Waals surface area contributed by atoms with E-state index in [2.05, 4.69) is 0 Å². The van der Waals surface area contributed by atoms with Gasteiger partial charge < -0.3 is 4.74 Å². The highest BCUT2D eigenvalue weighted by Gasteiger charge is 2.28. The number of halogens is 3. The maximum Gasteiger partial charge on any atom is 0.269 e. The number of hydrogen-bond donors (Lipinski definition) is 0. The lowest BCUT2D eigenvalue weighted by atomic mass is 10.2. The second kappa shape index (κ2) is 10.5. The molecule has 0 aliphatic rings. The second-order valence-corrected chi connectivity index (χ2v) is 9.84. The van der Waals surface area contributed by atoms with Crippen LogP contribution in [0.4, 0.5) is 5.69 Å². The fourth-order valence-corrected chi connectivity index (χ4v) is 4.83. The molecule has 0 amide bonds. The lowest BCUT2D eigenvalue weighted by molar-refractivity contribution is -0.385. The summed E-state index contributed by atoms with van der Waals surface area (Å²) in [5, 5.41) is 10.9. The first-order chi connectivity index (χ1) is 12.8. The molecular weight excluding hydrogens is 449 g/mol. The van der Waals surface area contributed by atoms with Gasteiger partial charge in [0.1, 0.15) is 5.75 Å². The molecule has 0 atom stereocenters. The van der Waals surface area contributed by atoms with Crippen LogP contribution in [0.1, 0.15) is 18.1 Å². The number of rotatable bonds is 8. The SMILES string of the molecule is CCOc1ccccc1C=CCSSc1ccc([N+](=O)[O-])cc1C(Cl)(Cl)Cl. The van der Waals surface area contributed by atoms with Crippen LogP contribution >= 0.6 is 56.4 Å². The molecule has 4 nitrogen and oxygen atoms in total. The minimum absolute atomic E-state index is 0.113. The summed E-state index contributed by atoms with van der Waals surface area (Å²) in [4.78, 5) is 11.1. The Bertz CT molecular complexity index is 826. The Kier molecular flexibility index (Phi) is 8.63. The van der Waals surface area contributed by atoms with Crippen molar-refractivity contribution < 1.29 is 9.66 Å². The van der Waals surface area contributed by atoms with Crippen molar-refractivity contribution in [3.8, 4) is 5.75 Å². The van der Waals surface area contributed by atoms with Gasteiger partial charge in [0, 0.05) is 33.9 Å². The fourth-order valence-electron chi connectivity index (χ4n) is 2.14. The number of ether oxygens (including phenoxy) is 1. The lowest BCUT2D eigenvalue weighted by Crippen LogP contribution is -2.03. The van der Waals surface area contributed by atoms with Gasteiger partial charge in [-0.15, -0.1) is 0 Å². The first-order valence-corrected chi connectivity index (χ1v) is 11.3. The molecule has 9 heteroatoms. The van der Waals surface area contributed by atoms with Crippen LogP contribution in [0.15, 0.2) is 53.4 Å². The molecule has 0 aliphatic carbocycles. The molecule has 0 radical (unpaired) electrons. The van der Waals surface area contributed by atoms with E-state index in [0.29, 0.717) is 22.8 Å². The van der Waals surface area contributed by atoms with Gasteiger partial charge in [0.25, 0.3) is 5.69 Å². The number of nitro groups is 1. The van der Waals surface area contributed by atoms with Gasteiger partial charge in [-0.2, -0.15) is 0 Å². The quantitative estimate of drug-likeness (QED) is 0.135. The fraction of sp³-hybridized carbons (Fsp3) is 0.222. The van der Waals surface area contributed by atoms with Gasteiger partial charge in [-0.1, -0.05) is 86.7 Å². The molecule has 0 aromatic heterocycles. The van der Waals surface area contributed by atoms with Crippen molar-refractivity contribution in [3.05, 3.63) is 69.8 Å². The molecule has 0 N–H and O–H groups in total. The maximum absolute atomic E-state index is 10.9. The highest BCUT2D eigenvalue weighted by Crippen LogP contribution is 2.46. The van der Waals surface area contributed by atoms with E-state index in [9.17, 15) is 10.1 Å². The summed E-state index contributed by atoms with van der Waals surface area (Å²) in [6.45, 7) is 2.55. The first kappa shape index (κ1) is 22.2. The Morgan fingerprint density at radius 3 is 2.63 bits per heavy atom. The largest absolute Gasteiger partial charge is 0.493 e. The molecule has 2 aromatic carbocycles. The van der Waals surface area contributed by atoms with Crippen molar-refractivity contribution >= 4 is 68.2 Å². The summed E-state index contributed by atoms with van der Waals surface area (Å²) in [6.07, 6.45) is 4.00. The monoisotopic (exact) mass is 463 g/mol. The summed E-state index contributed by atoms with van der Waals surface area (Å²) < 4.78 is 3.85. The van der Waals surface area contributed by atoms with Crippen LogP contribution in [-0.2, 0) is 3.79 Å². The summed E-state index contributed by atoms with van der Waals surface area (Å²) in [6, 6.07) is 12.1. The number of hydrogen-bond acceptors (Lipinski definition) is 5. The van der Waals surface area contributed by atoms with Crippen LogP contribution in [0.5, 0.6) is 5.75 Å². The molecule has 2 rings (SSSR count). The molecular formula is C18H16Cl3NO3S2. The molecule has 0 aliphatic heterocycles. The predicted molar refractivity (Wildman–Crippen MR) is 117 cm³/mol. The molecule has 0 heterocycles. The van der Waals surface area contributed by atoms with E-state index in [-0.39, 0.29) is 5.69 Å². The highest BCUT2D eigenvalue weighted by atomic mass is 35.6. The van der Waals surface area contributed by atoms with Crippen LogP contribution in [-0.4, -0.2) is 17.3 Å². The van der Waals surface area contributed by atoms with Gasteiger partial charge in [0.2, 0.25) is 3.79 Å². The number of alkyl halides is 3. The Balaban J connectivity index is 2.02. The molecule has 0 spiro atoms. The number of non-ortho nitro benzene ring substituents is 1. The van der Waals surface area contributed by atoms with Crippen molar-refractivity contribution in [3.63, 3.8) is 0 Å². The third-order valence-corrected chi connectivity index (χ3v) is 6.20. The van der Waals surface area contributed by atoms with E-state index in [1.807, 2.05) is 43.3 Å². The lowest BCUT2D eigenvalue weighted by Gasteiger charge is -2.15. The zero-order valence-corrected chi connectivity index (χ0v) is 18.1. The number of benzene rings is 2. The molecule has 2 aromatic rings. The summed E-state index contributed by atoms with van der Waals surface area (Å²) in [5.41, 5.74) is 1.19. The molecule has 0 bridgehead atoms. The van der Waals surface area contributed by atoms with E-state index in [1.54, 1.807) is 6.07 Å². The summed E-state index contributed by atoms with van der Waals surface area (Å²) >= 11 is 17.9. The average molecular weight is 465 g/mol. The zero-order chi connectivity index (χ0) is 19.9.